The number of ether oxygens (including phenoxy) is 1. The van der Waals surface area contributed by atoms with Gasteiger partial charge in [-0.05, 0) is 30.5 Å². The largest absolute Gasteiger partial charge is 0.445 e. The van der Waals surface area contributed by atoms with Crippen LogP contribution in [0.4, 0.5) is 4.79 Å². The first-order valence-corrected chi connectivity index (χ1v) is 11.6. The van der Waals surface area contributed by atoms with Crippen molar-refractivity contribution in [3.8, 4) is 6.07 Å². The van der Waals surface area contributed by atoms with E-state index in [0.29, 0.717) is 17.5 Å². The quantitative estimate of drug-likeness (QED) is 0.441. The van der Waals surface area contributed by atoms with Gasteiger partial charge in [-0.2, -0.15) is 5.26 Å². The van der Waals surface area contributed by atoms with Gasteiger partial charge in [0.15, 0.2) is 0 Å². The second kappa shape index (κ2) is 9.30. The van der Waals surface area contributed by atoms with Gasteiger partial charge in [-0.3, -0.25) is 4.57 Å². The van der Waals surface area contributed by atoms with Crippen LogP contribution in [0.2, 0.25) is 0 Å². The Morgan fingerprint density at radius 2 is 2.00 bits per heavy atom. The van der Waals surface area contributed by atoms with Crippen molar-refractivity contribution in [1.82, 2.24) is 5.32 Å². The average molecular weight is 424 g/mol. The van der Waals surface area contributed by atoms with Crippen LogP contribution in [0, 0.1) is 17.2 Å². The van der Waals surface area contributed by atoms with Crippen molar-refractivity contribution in [1.29, 1.82) is 5.26 Å². The minimum Gasteiger partial charge on any atom is -0.445 e. The molecule has 0 radical (unpaired) electrons. The topological polar surface area (TPSA) is 88.4 Å². The van der Waals surface area contributed by atoms with E-state index >= 15 is 0 Å². The molecule has 156 valence electrons. The molecule has 6 nitrogen and oxygen atoms in total. The first-order chi connectivity index (χ1) is 14.5. The Hall–Kier alpha value is -2.87. The van der Waals surface area contributed by atoms with E-state index < -0.39 is 18.7 Å². The number of benzene rings is 2. The number of nitrogens with zero attached hydrogens (tertiary/aromatic N) is 1. The highest BCUT2D eigenvalue weighted by Gasteiger charge is 2.66. The molecule has 1 fully saturated rings. The van der Waals surface area contributed by atoms with Gasteiger partial charge in [0.1, 0.15) is 11.9 Å². The summed E-state index contributed by atoms with van der Waals surface area (Å²) in [6, 6.07) is 18.4. The Bertz CT molecular complexity index is 1000. The Kier molecular flexibility index (Phi) is 6.77. The summed E-state index contributed by atoms with van der Waals surface area (Å²) in [5.41, 5.74) is 1.93. The second-order valence-electron chi connectivity index (χ2n) is 7.18. The molecule has 0 heterocycles. The molecular weight excluding hydrogens is 399 g/mol. The van der Waals surface area contributed by atoms with E-state index in [1.54, 1.807) is 37.3 Å². The summed E-state index contributed by atoms with van der Waals surface area (Å²) < 4.78 is 25.2. The number of carbonyl (C=O) groups excluding carboxylic acids is 1. The zero-order chi connectivity index (χ0) is 21.6. The zero-order valence-electron chi connectivity index (χ0n) is 16.9. The van der Waals surface area contributed by atoms with Gasteiger partial charge in [0.05, 0.1) is 24.4 Å². The van der Waals surface area contributed by atoms with Gasteiger partial charge < -0.3 is 14.6 Å². The molecule has 7 heteroatoms. The van der Waals surface area contributed by atoms with Crippen molar-refractivity contribution in [3.05, 3.63) is 83.9 Å². The van der Waals surface area contributed by atoms with Gasteiger partial charge in [-0.1, -0.05) is 54.6 Å². The van der Waals surface area contributed by atoms with E-state index in [2.05, 4.69) is 18.0 Å². The fourth-order valence-corrected chi connectivity index (χ4v) is 6.71. The molecule has 1 aliphatic carbocycles. The van der Waals surface area contributed by atoms with Gasteiger partial charge in [0.25, 0.3) is 0 Å². The monoisotopic (exact) mass is 424 g/mol. The number of hydrogen-bond acceptors (Lipinski definition) is 5. The van der Waals surface area contributed by atoms with Crippen LogP contribution in [0.3, 0.4) is 0 Å². The minimum absolute atomic E-state index is 0.0495. The normalized spacial score (nSPS) is 21.7. The van der Waals surface area contributed by atoms with Crippen LogP contribution in [0.15, 0.2) is 67.3 Å². The van der Waals surface area contributed by atoms with Crippen molar-refractivity contribution in [2.24, 2.45) is 5.92 Å². The van der Waals surface area contributed by atoms with Gasteiger partial charge in [-0.25, -0.2) is 4.79 Å². The van der Waals surface area contributed by atoms with E-state index in [4.69, 9.17) is 9.26 Å². The maximum atomic E-state index is 14.1. The standard InChI is InChI=1S/C23H25N2O4P/c1-3-21-14-23(21,25-22(26)28-16-18-10-6-5-7-11-18)30(27,29-4-2)17-20-13-9-8-12-19(20)15-24/h3,5-13,21H,1,4,14,16-17H2,2H3,(H,25,26). The predicted octanol–water partition coefficient (Wildman–Crippen LogP) is 5.20. The lowest BCUT2D eigenvalue weighted by molar-refractivity contribution is 0.136. The summed E-state index contributed by atoms with van der Waals surface area (Å²) in [4.78, 5) is 12.6. The molecule has 1 N–H and O–H groups in total. The van der Waals surface area contributed by atoms with Crippen molar-refractivity contribution in [3.63, 3.8) is 0 Å². The third-order valence-electron chi connectivity index (χ3n) is 5.26. The fourth-order valence-electron chi connectivity index (χ4n) is 3.61. The molecule has 0 spiro atoms. The van der Waals surface area contributed by atoms with Gasteiger partial charge >= 0.3 is 6.09 Å². The van der Waals surface area contributed by atoms with Gasteiger partial charge in [-0.15, -0.1) is 6.58 Å². The maximum absolute atomic E-state index is 14.1. The van der Waals surface area contributed by atoms with Crippen LogP contribution in [0.1, 0.15) is 30.0 Å². The maximum Gasteiger partial charge on any atom is 0.408 e. The van der Waals surface area contributed by atoms with E-state index in [-0.39, 0.29) is 25.3 Å². The highest BCUT2D eigenvalue weighted by atomic mass is 31.2. The zero-order valence-corrected chi connectivity index (χ0v) is 17.8. The number of nitriles is 1. The molecule has 1 aliphatic rings. The van der Waals surface area contributed by atoms with Crippen LogP contribution in [0.25, 0.3) is 0 Å². The van der Waals surface area contributed by atoms with Crippen LogP contribution in [0.5, 0.6) is 0 Å². The Morgan fingerprint density at radius 1 is 1.30 bits per heavy atom. The summed E-state index contributed by atoms with van der Waals surface area (Å²) in [6.45, 7) is 5.90. The summed E-state index contributed by atoms with van der Waals surface area (Å²) >= 11 is 0. The summed E-state index contributed by atoms with van der Waals surface area (Å²) in [5.74, 6) is -0.201. The minimum atomic E-state index is -3.43. The first kappa shape index (κ1) is 21.8. The van der Waals surface area contributed by atoms with Crippen LogP contribution >= 0.6 is 7.37 Å². The number of rotatable bonds is 9. The lowest BCUT2D eigenvalue weighted by atomic mass is 10.1. The molecule has 1 saturated carbocycles. The summed E-state index contributed by atoms with van der Waals surface area (Å²) in [6.07, 6.45) is 1.52. The summed E-state index contributed by atoms with van der Waals surface area (Å²) in [7, 11) is -3.43. The third kappa shape index (κ3) is 4.48. The number of hydrogen-bond donors (Lipinski definition) is 1. The molecule has 0 aromatic heterocycles. The molecule has 3 atom stereocenters. The second-order valence-corrected chi connectivity index (χ2v) is 9.89. The van der Waals surface area contributed by atoms with E-state index in [1.165, 1.54) is 0 Å². The van der Waals surface area contributed by atoms with Crippen molar-refractivity contribution in [2.75, 3.05) is 6.61 Å². The number of amides is 1. The molecule has 2 aromatic carbocycles. The van der Waals surface area contributed by atoms with Crippen LogP contribution in [-0.4, -0.2) is 18.0 Å². The molecule has 0 aliphatic heterocycles. The smallest absolute Gasteiger partial charge is 0.408 e. The average Bonchev–Trinajstić information content (AvgIpc) is 3.48. The Morgan fingerprint density at radius 3 is 2.63 bits per heavy atom. The molecule has 1 amide bonds. The van der Waals surface area contributed by atoms with Crippen LogP contribution < -0.4 is 5.32 Å². The predicted molar refractivity (Wildman–Crippen MR) is 115 cm³/mol. The molecule has 3 unspecified atom stereocenters. The molecule has 0 bridgehead atoms. The van der Waals surface area contributed by atoms with Crippen LogP contribution in [-0.2, 0) is 26.6 Å². The molecule has 3 rings (SSSR count). The number of carbonyl (C=O) groups is 1. The van der Waals surface area contributed by atoms with E-state index in [9.17, 15) is 14.6 Å². The van der Waals surface area contributed by atoms with Crippen molar-refractivity contribution in [2.45, 2.75) is 31.4 Å². The van der Waals surface area contributed by atoms with E-state index in [1.807, 2.05) is 30.3 Å². The summed E-state index contributed by atoms with van der Waals surface area (Å²) in [5, 5.41) is 11.1. The molecule has 2 aromatic rings. The lowest BCUT2D eigenvalue weighted by Crippen LogP contribution is -2.39. The SMILES string of the molecule is C=CC1CC1(NC(=O)OCc1ccccc1)P(=O)(Cc1ccccc1C#N)OCC. The van der Waals surface area contributed by atoms with Gasteiger partial charge in [0.2, 0.25) is 7.37 Å². The number of alkyl carbamates (subject to hydrolysis) is 1. The first-order valence-electron chi connectivity index (χ1n) is 9.81. The molecule has 30 heavy (non-hydrogen) atoms. The third-order valence-corrected chi connectivity index (χ3v) is 8.54. The Labute approximate surface area is 177 Å². The molecular formula is C23H25N2O4P. The van der Waals surface area contributed by atoms with E-state index in [0.717, 1.165) is 5.56 Å². The number of nitrogens with one attached hydrogen (secondary N) is 1. The lowest BCUT2D eigenvalue weighted by Gasteiger charge is -2.29. The fraction of sp³-hybridized carbons (Fsp3) is 0.304. The van der Waals surface area contributed by atoms with Crippen molar-refractivity contribution < 1.29 is 18.6 Å². The van der Waals surface area contributed by atoms with Crippen molar-refractivity contribution >= 4 is 13.5 Å². The molecule has 0 saturated heterocycles. The van der Waals surface area contributed by atoms with Gasteiger partial charge in [0, 0.05) is 5.92 Å². The highest BCUT2D eigenvalue weighted by molar-refractivity contribution is 7.60. The highest BCUT2D eigenvalue weighted by Crippen LogP contribution is 2.73. The Balaban J connectivity index is 1.82.